The van der Waals surface area contributed by atoms with E-state index >= 15 is 0 Å². The van der Waals surface area contributed by atoms with Crippen molar-refractivity contribution in [2.75, 3.05) is 0 Å². The Kier molecular flexibility index (Phi) is 9.97. The number of carboxylic acids is 2. The molecule has 0 spiro atoms. The number of Topliss-reactive ketones (excluding diaryl/α,β-unsaturated/α-hetero) is 1. The van der Waals surface area contributed by atoms with Crippen molar-refractivity contribution in [2.24, 2.45) is 0 Å². The number of nitrogens with zero attached hydrogens (tertiary/aromatic N) is 6. The zero-order valence-corrected chi connectivity index (χ0v) is 17.5. The normalized spacial score (nSPS) is 9.42. The highest BCUT2D eigenvalue weighted by molar-refractivity contribution is 5.91. The molecule has 31 heavy (non-hydrogen) atoms. The van der Waals surface area contributed by atoms with Crippen LogP contribution in [0.4, 0.5) is 0 Å². The van der Waals surface area contributed by atoms with Crippen LogP contribution in [0, 0.1) is 13.8 Å². The van der Waals surface area contributed by atoms with Crippen molar-refractivity contribution in [3.05, 3.63) is 71.3 Å². The van der Waals surface area contributed by atoms with Gasteiger partial charge in [0.1, 0.15) is 5.69 Å². The van der Waals surface area contributed by atoms with Crippen molar-refractivity contribution in [1.29, 1.82) is 0 Å². The first kappa shape index (κ1) is 24.9. The number of aromatic nitrogens is 6. The first-order chi connectivity index (χ1) is 14.6. The molecule has 0 aromatic carbocycles. The van der Waals surface area contributed by atoms with Gasteiger partial charge in [-0.15, -0.1) is 0 Å². The highest BCUT2D eigenvalue weighted by atomic mass is 16.4. The van der Waals surface area contributed by atoms with Gasteiger partial charge in [0.2, 0.25) is 0 Å². The molecule has 0 bridgehead atoms. The van der Waals surface area contributed by atoms with Gasteiger partial charge in [0.15, 0.2) is 17.2 Å². The molecule has 2 N–H and O–H groups in total. The van der Waals surface area contributed by atoms with Crippen molar-refractivity contribution >= 4 is 17.7 Å². The van der Waals surface area contributed by atoms with E-state index in [1.807, 2.05) is 13.8 Å². The SMILES string of the molecule is CC(=O)c1cnc(C)cn1.CCc1cnc(C(=O)O)cn1.Cc1cnc(C(=O)O)cn1. The van der Waals surface area contributed by atoms with Crippen LogP contribution < -0.4 is 0 Å². The van der Waals surface area contributed by atoms with Crippen LogP contribution in [0.5, 0.6) is 0 Å². The topological polar surface area (TPSA) is 169 Å². The molecule has 11 nitrogen and oxygen atoms in total. The standard InChI is InChI=1S/C7H8N2O2.C7H8N2O.C6H6N2O2/c1-2-5-3-9-6(4-8-5)7(10)11;1-5-3-9-7(4-8-5)6(2)10;1-4-2-8-5(3-7-4)6(9)10/h3-4H,2H2,1H3,(H,10,11);3-4H,1-2H3;2-3H,1H3,(H,9,10). The Morgan fingerprint density at radius 3 is 1.39 bits per heavy atom. The molecule has 0 amide bonds. The van der Waals surface area contributed by atoms with Crippen LogP contribution in [-0.4, -0.2) is 57.8 Å². The van der Waals surface area contributed by atoms with Crippen LogP contribution in [0.2, 0.25) is 0 Å². The Bertz CT molecular complexity index is 950. The van der Waals surface area contributed by atoms with Crippen molar-refractivity contribution in [1.82, 2.24) is 29.9 Å². The molecule has 3 rings (SSSR count). The van der Waals surface area contributed by atoms with E-state index in [9.17, 15) is 14.4 Å². The fraction of sp³-hybridized carbons (Fsp3) is 0.250. The van der Waals surface area contributed by atoms with Crippen LogP contribution in [0.1, 0.15) is 62.4 Å². The number of carboxylic acid groups (broad SMARTS) is 2. The predicted octanol–water partition coefficient (Wildman–Crippen LogP) is 2.21. The van der Waals surface area contributed by atoms with E-state index in [1.54, 1.807) is 13.1 Å². The summed E-state index contributed by atoms with van der Waals surface area (Å²) in [6.07, 6.45) is 9.23. The van der Waals surface area contributed by atoms with Gasteiger partial charge >= 0.3 is 11.9 Å². The fourth-order valence-corrected chi connectivity index (χ4v) is 1.73. The minimum atomic E-state index is -1.05. The van der Waals surface area contributed by atoms with E-state index in [0.29, 0.717) is 11.4 Å². The molecule has 3 aromatic heterocycles. The summed E-state index contributed by atoms with van der Waals surface area (Å²) in [4.78, 5) is 53.9. The summed E-state index contributed by atoms with van der Waals surface area (Å²) in [7, 11) is 0. The van der Waals surface area contributed by atoms with Gasteiger partial charge in [0, 0.05) is 25.5 Å². The fourth-order valence-electron chi connectivity index (χ4n) is 1.73. The second-order valence-electron chi connectivity index (χ2n) is 6.00. The Morgan fingerprint density at radius 2 is 1.10 bits per heavy atom. The summed E-state index contributed by atoms with van der Waals surface area (Å²) in [5, 5.41) is 16.8. The second kappa shape index (κ2) is 12.4. The van der Waals surface area contributed by atoms with Gasteiger partial charge in [-0.1, -0.05) is 6.92 Å². The first-order valence-electron chi connectivity index (χ1n) is 8.99. The third kappa shape index (κ3) is 9.26. The lowest BCUT2D eigenvalue weighted by Crippen LogP contribution is -2.01. The van der Waals surface area contributed by atoms with Gasteiger partial charge < -0.3 is 10.2 Å². The van der Waals surface area contributed by atoms with Gasteiger partial charge in [-0.25, -0.2) is 24.5 Å². The van der Waals surface area contributed by atoms with E-state index in [-0.39, 0.29) is 17.2 Å². The number of aryl methyl sites for hydroxylation is 3. The average molecular weight is 426 g/mol. The molecule has 0 fully saturated rings. The van der Waals surface area contributed by atoms with Gasteiger partial charge in [0.05, 0.1) is 35.7 Å². The van der Waals surface area contributed by atoms with Crippen LogP contribution in [-0.2, 0) is 6.42 Å². The summed E-state index contributed by atoms with van der Waals surface area (Å²) in [5.41, 5.74) is 2.73. The first-order valence-corrected chi connectivity index (χ1v) is 8.99. The number of ketones is 1. The molecular weight excluding hydrogens is 404 g/mol. The number of hydrogen-bond acceptors (Lipinski definition) is 9. The molecule has 3 aromatic rings. The van der Waals surface area contributed by atoms with Gasteiger partial charge in [-0.2, -0.15) is 0 Å². The van der Waals surface area contributed by atoms with Gasteiger partial charge in [-0.3, -0.25) is 19.7 Å². The van der Waals surface area contributed by atoms with Gasteiger partial charge in [0.25, 0.3) is 0 Å². The summed E-state index contributed by atoms with van der Waals surface area (Å²) < 4.78 is 0. The summed E-state index contributed by atoms with van der Waals surface area (Å²) in [5.74, 6) is -2.14. The number of rotatable bonds is 4. The highest BCUT2D eigenvalue weighted by Crippen LogP contribution is 1.96. The lowest BCUT2D eigenvalue weighted by Gasteiger charge is -1.94. The smallest absolute Gasteiger partial charge is 0.356 e. The van der Waals surface area contributed by atoms with E-state index < -0.39 is 11.9 Å². The molecule has 0 aliphatic carbocycles. The van der Waals surface area contributed by atoms with Crippen LogP contribution in [0.25, 0.3) is 0 Å². The van der Waals surface area contributed by atoms with Crippen molar-refractivity contribution < 1.29 is 24.6 Å². The zero-order valence-electron chi connectivity index (χ0n) is 17.5. The minimum absolute atomic E-state index is 0.0119. The predicted molar refractivity (Wildman–Crippen MR) is 109 cm³/mol. The Hall–Kier alpha value is -4.15. The maximum absolute atomic E-state index is 10.7. The van der Waals surface area contributed by atoms with Crippen LogP contribution >= 0.6 is 0 Å². The van der Waals surface area contributed by atoms with Crippen molar-refractivity contribution in [3.63, 3.8) is 0 Å². The number of hydrogen-bond donors (Lipinski definition) is 2. The molecule has 0 saturated heterocycles. The van der Waals surface area contributed by atoms with E-state index in [0.717, 1.165) is 17.8 Å². The van der Waals surface area contributed by atoms with E-state index in [1.165, 1.54) is 37.9 Å². The Morgan fingerprint density at radius 1 is 0.677 bits per heavy atom. The molecule has 0 saturated carbocycles. The summed E-state index contributed by atoms with van der Waals surface area (Å²) in [6.45, 7) is 6.99. The third-order valence-electron chi connectivity index (χ3n) is 3.43. The monoisotopic (exact) mass is 426 g/mol. The Labute approximate surface area is 178 Å². The molecular formula is C20H22N6O5. The van der Waals surface area contributed by atoms with Crippen LogP contribution in [0.15, 0.2) is 37.2 Å². The average Bonchev–Trinajstić information content (AvgIpc) is 2.75. The van der Waals surface area contributed by atoms with E-state index in [4.69, 9.17) is 10.2 Å². The molecule has 0 radical (unpaired) electrons. The lowest BCUT2D eigenvalue weighted by molar-refractivity contribution is 0.0679. The molecule has 0 aliphatic heterocycles. The van der Waals surface area contributed by atoms with E-state index in [2.05, 4.69) is 29.9 Å². The van der Waals surface area contributed by atoms with Gasteiger partial charge in [-0.05, 0) is 20.3 Å². The molecule has 0 unspecified atom stereocenters. The molecule has 0 atom stereocenters. The maximum Gasteiger partial charge on any atom is 0.356 e. The maximum atomic E-state index is 10.7. The molecule has 0 aliphatic rings. The Balaban J connectivity index is 0.000000233. The summed E-state index contributed by atoms with van der Waals surface area (Å²) in [6, 6.07) is 0. The lowest BCUT2D eigenvalue weighted by atomic mass is 10.3. The zero-order chi connectivity index (χ0) is 23.4. The third-order valence-corrected chi connectivity index (χ3v) is 3.43. The second-order valence-corrected chi connectivity index (χ2v) is 6.00. The van der Waals surface area contributed by atoms with Crippen molar-refractivity contribution in [2.45, 2.75) is 34.1 Å². The highest BCUT2D eigenvalue weighted by Gasteiger charge is 2.03. The number of carbonyl (C=O) groups is 3. The van der Waals surface area contributed by atoms with Crippen molar-refractivity contribution in [3.8, 4) is 0 Å². The number of aromatic carboxylic acids is 2. The molecule has 3 heterocycles. The summed E-state index contributed by atoms with van der Waals surface area (Å²) >= 11 is 0. The van der Waals surface area contributed by atoms with Crippen LogP contribution in [0.3, 0.4) is 0 Å². The molecule has 11 heteroatoms. The quantitative estimate of drug-likeness (QED) is 0.586. The minimum Gasteiger partial charge on any atom is -0.476 e. The number of carbonyl (C=O) groups excluding carboxylic acids is 1. The molecule has 162 valence electrons. The largest absolute Gasteiger partial charge is 0.476 e.